The van der Waals surface area contributed by atoms with Gasteiger partial charge in [-0.3, -0.25) is 9.78 Å². The van der Waals surface area contributed by atoms with Gasteiger partial charge in [-0.1, -0.05) is 23.7 Å². The number of carbonyl (C=O) groups excluding carboxylic acids is 1. The van der Waals surface area contributed by atoms with Crippen LogP contribution in [0.15, 0.2) is 54.9 Å². The highest BCUT2D eigenvalue weighted by Gasteiger charge is 2.19. The van der Waals surface area contributed by atoms with Crippen molar-refractivity contribution in [3.8, 4) is 0 Å². The minimum absolute atomic E-state index is 0.0503. The van der Waals surface area contributed by atoms with Gasteiger partial charge in [0.1, 0.15) is 0 Å². The van der Waals surface area contributed by atoms with Gasteiger partial charge in [0.25, 0.3) is 0 Å². The molecular weight excluding hydrogens is 310 g/mol. The van der Waals surface area contributed by atoms with Crippen LogP contribution >= 0.6 is 11.6 Å². The van der Waals surface area contributed by atoms with Crippen molar-refractivity contribution in [2.24, 2.45) is 0 Å². The molecule has 1 aliphatic rings. The summed E-state index contributed by atoms with van der Waals surface area (Å²) in [5.41, 5.74) is 2.13. The van der Waals surface area contributed by atoms with Gasteiger partial charge in [-0.05, 0) is 35.9 Å². The first-order valence-electron chi connectivity index (χ1n) is 7.60. The first-order chi connectivity index (χ1) is 11.2. The number of carbonyl (C=O) groups is 1. The number of anilines is 1. The molecule has 1 aromatic heterocycles. The zero-order valence-electron chi connectivity index (χ0n) is 12.7. The van der Waals surface area contributed by atoms with Crippen LogP contribution in [0, 0.1) is 0 Å². The van der Waals surface area contributed by atoms with Crippen LogP contribution in [-0.4, -0.2) is 42.0 Å². The van der Waals surface area contributed by atoms with Crippen LogP contribution < -0.4 is 4.90 Å². The number of aromatic nitrogens is 1. The van der Waals surface area contributed by atoms with Crippen molar-refractivity contribution in [3.63, 3.8) is 0 Å². The third-order valence-corrected chi connectivity index (χ3v) is 4.16. The van der Waals surface area contributed by atoms with Crippen LogP contribution in [0.4, 0.5) is 5.69 Å². The Morgan fingerprint density at radius 2 is 1.65 bits per heavy atom. The summed E-state index contributed by atoms with van der Waals surface area (Å²) in [5, 5.41) is 0.695. The largest absolute Gasteiger partial charge is 0.368 e. The molecule has 0 N–H and O–H groups in total. The van der Waals surface area contributed by atoms with E-state index < -0.39 is 0 Å². The highest BCUT2D eigenvalue weighted by molar-refractivity contribution is 6.30. The van der Waals surface area contributed by atoms with Gasteiger partial charge >= 0.3 is 0 Å². The average molecular weight is 328 g/mol. The van der Waals surface area contributed by atoms with E-state index in [1.165, 1.54) is 0 Å². The molecule has 2 heterocycles. The lowest BCUT2D eigenvalue weighted by Gasteiger charge is -2.35. The number of rotatable bonds is 3. The van der Waals surface area contributed by atoms with Gasteiger partial charge in [0.2, 0.25) is 5.91 Å². The summed E-state index contributed by atoms with van der Waals surface area (Å²) >= 11 is 5.85. The monoisotopic (exact) mass is 327 g/mol. The van der Waals surface area contributed by atoms with Crippen molar-refractivity contribution in [1.29, 1.82) is 0 Å². The van der Waals surface area contributed by atoms with E-state index >= 15 is 0 Å². The molecule has 1 aliphatic heterocycles. The molecule has 1 saturated heterocycles. The molecule has 1 amide bonds. The molecule has 0 unspecified atom stereocenters. The summed E-state index contributed by atoms with van der Waals surface area (Å²) in [6.07, 6.45) is 7.04. The molecule has 1 aromatic carbocycles. The molecule has 4 nitrogen and oxygen atoms in total. The molecule has 0 aliphatic carbocycles. The molecule has 0 spiro atoms. The van der Waals surface area contributed by atoms with Crippen molar-refractivity contribution >= 4 is 29.3 Å². The van der Waals surface area contributed by atoms with E-state index in [4.69, 9.17) is 11.6 Å². The Labute approximate surface area is 141 Å². The van der Waals surface area contributed by atoms with Crippen LogP contribution in [0.3, 0.4) is 0 Å². The first kappa shape index (κ1) is 15.6. The predicted molar refractivity (Wildman–Crippen MR) is 93.5 cm³/mol. The van der Waals surface area contributed by atoms with Gasteiger partial charge in [0, 0.05) is 55.4 Å². The second-order valence-electron chi connectivity index (χ2n) is 5.40. The lowest BCUT2D eigenvalue weighted by Crippen LogP contribution is -2.48. The fraction of sp³-hybridized carbons (Fsp3) is 0.222. The minimum Gasteiger partial charge on any atom is -0.368 e. The highest BCUT2D eigenvalue weighted by atomic mass is 35.5. The van der Waals surface area contributed by atoms with E-state index in [1.54, 1.807) is 18.5 Å². The second kappa shape index (κ2) is 7.29. The summed E-state index contributed by atoms with van der Waals surface area (Å²) in [6, 6.07) is 11.4. The van der Waals surface area contributed by atoms with E-state index in [1.807, 2.05) is 47.4 Å². The molecule has 3 rings (SSSR count). The van der Waals surface area contributed by atoms with Gasteiger partial charge in [0.05, 0.1) is 0 Å². The zero-order valence-corrected chi connectivity index (χ0v) is 13.5. The maximum atomic E-state index is 12.3. The van der Waals surface area contributed by atoms with Crippen molar-refractivity contribution < 1.29 is 4.79 Å². The average Bonchev–Trinajstić information content (AvgIpc) is 2.62. The Morgan fingerprint density at radius 1 is 1.00 bits per heavy atom. The Morgan fingerprint density at radius 3 is 2.30 bits per heavy atom. The molecular formula is C18H18ClN3O. The Bertz CT molecular complexity index is 677. The Balaban J connectivity index is 1.55. The number of nitrogens with zero attached hydrogens (tertiary/aromatic N) is 3. The smallest absolute Gasteiger partial charge is 0.246 e. The predicted octanol–water partition coefficient (Wildman–Crippen LogP) is 3.10. The number of amides is 1. The van der Waals surface area contributed by atoms with Gasteiger partial charge < -0.3 is 9.80 Å². The van der Waals surface area contributed by atoms with Gasteiger partial charge in [-0.2, -0.15) is 0 Å². The second-order valence-corrected chi connectivity index (χ2v) is 5.84. The quantitative estimate of drug-likeness (QED) is 0.813. The summed E-state index contributed by atoms with van der Waals surface area (Å²) < 4.78 is 0. The fourth-order valence-corrected chi connectivity index (χ4v) is 2.71. The van der Waals surface area contributed by atoms with E-state index in [-0.39, 0.29) is 5.91 Å². The van der Waals surface area contributed by atoms with Crippen LogP contribution in [-0.2, 0) is 4.79 Å². The van der Waals surface area contributed by atoms with Crippen LogP contribution in [0.25, 0.3) is 6.08 Å². The lowest BCUT2D eigenvalue weighted by atomic mass is 10.2. The molecule has 5 heteroatoms. The Kier molecular flexibility index (Phi) is 4.93. The number of halogens is 1. The normalized spacial score (nSPS) is 15.2. The maximum absolute atomic E-state index is 12.3. The molecule has 0 bridgehead atoms. The number of benzene rings is 1. The van der Waals surface area contributed by atoms with Crippen molar-refractivity contribution in [2.45, 2.75) is 0 Å². The topological polar surface area (TPSA) is 36.4 Å². The van der Waals surface area contributed by atoms with Crippen molar-refractivity contribution in [2.75, 3.05) is 31.1 Å². The van der Waals surface area contributed by atoms with Crippen LogP contribution in [0.1, 0.15) is 5.56 Å². The molecule has 1 fully saturated rings. The molecule has 23 heavy (non-hydrogen) atoms. The summed E-state index contributed by atoms with van der Waals surface area (Å²) in [7, 11) is 0. The zero-order chi connectivity index (χ0) is 16.1. The van der Waals surface area contributed by atoms with E-state index in [0.29, 0.717) is 5.02 Å². The van der Waals surface area contributed by atoms with Crippen molar-refractivity contribution in [1.82, 2.24) is 9.88 Å². The van der Waals surface area contributed by atoms with E-state index in [9.17, 15) is 4.79 Å². The van der Waals surface area contributed by atoms with Crippen molar-refractivity contribution in [3.05, 3.63) is 65.5 Å². The van der Waals surface area contributed by atoms with Crippen LogP contribution in [0.2, 0.25) is 5.02 Å². The molecule has 118 valence electrons. The third-order valence-electron chi connectivity index (χ3n) is 3.91. The third kappa shape index (κ3) is 4.11. The van der Waals surface area contributed by atoms with E-state index in [0.717, 1.165) is 37.4 Å². The molecule has 0 radical (unpaired) electrons. The van der Waals surface area contributed by atoms with Gasteiger partial charge in [-0.25, -0.2) is 0 Å². The molecule has 2 aromatic rings. The summed E-state index contributed by atoms with van der Waals surface area (Å²) in [5.74, 6) is 0.0503. The van der Waals surface area contributed by atoms with Crippen LogP contribution in [0.5, 0.6) is 0 Å². The lowest BCUT2D eigenvalue weighted by molar-refractivity contribution is -0.126. The standard InChI is InChI=1S/C18H18ClN3O/c19-16-4-1-15(2-5-16)3-6-18(23)22-13-11-21(12-14-22)17-7-9-20-10-8-17/h1-10H,11-14H2/b6-3+. The van der Waals surface area contributed by atoms with E-state index in [2.05, 4.69) is 9.88 Å². The minimum atomic E-state index is 0.0503. The maximum Gasteiger partial charge on any atom is 0.246 e. The van der Waals surface area contributed by atoms with Gasteiger partial charge in [0.15, 0.2) is 0 Å². The fourth-order valence-electron chi connectivity index (χ4n) is 2.59. The number of hydrogen-bond donors (Lipinski definition) is 0. The SMILES string of the molecule is O=C(/C=C/c1ccc(Cl)cc1)N1CCN(c2ccncc2)CC1. The summed E-state index contributed by atoms with van der Waals surface area (Å²) in [6.45, 7) is 3.13. The van der Waals surface area contributed by atoms with Gasteiger partial charge in [-0.15, -0.1) is 0 Å². The molecule has 0 saturated carbocycles. The number of piperazine rings is 1. The molecule has 0 atom stereocenters. The highest BCUT2D eigenvalue weighted by Crippen LogP contribution is 2.15. The number of hydrogen-bond acceptors (Lipinski definition) is 3. The first-order valence-corrected chi connectivity index (χ1v) is 7.98. The Hall–Kier alpha value is -2.33. The summed E-state index contributed by atoms with van der Waals surface area (Å²) in [4.78, 5) is 20.5. The number of pyridine rings is 1.